The average molecular weight is 290 g/mol. The molecule has 0 bridgehead atoms. The molecule has 0 aliphatic heterocycles. The molecule has 2 nitrogen and oxygen atoms in total. The van der Waals surface area contributed by atoms with E-state index < -0.39 is 0 Å². The molecule has 1 atom stereocenters. The Hall–Kier alpha value is -1.25. The summed E-state index contributed by atoms with van der Waals surface area (Å²) < 4.78 is 5.18. The highest BCUT2D eigenvalue weighted by Crippen LogP contribution is 2.23. The van der Waals surface area contributed by atoms with E-state index in [4.69, 9.17) is 16.0 Å². The Bertz CT molecular complexity index is 534. The van der Waals surface area contributed by atoms with Crippen molar-refractivity contribution in [2.45, 2.75) is 31.7 Å². The summed E-state index contributed by atoms with van der Waals surface area (Å²) >= 11 is 6.29. The van der Waals surface area contributed by atoms with Crippen LogP contribution < -0.4 is 5.32 Å². The molecule has 106 valence electrons. The molecular weight excluding hydrogens is 270 g/mol. The lowest BCUT2D eigenvalue weighted by Crippen LogP contribution is -2.27. The summed E-state index contributed by atoms with van der Waals surface area (Å²) in [5, 5.41) is 4.51. The summed E-state index contributed by atoms with van der Waals surface area (Å²) in [5.41, 5.74) is 2.50. The van der Waals surface area contributed by atoms with Crippen LogP contribution in [0, 0.1) is 5.92 Å². The van der Waals surface area contributed by atoms with E-state index in [1.807, 2.05) is 18.4 Å². The van der Waals surface area contributed by atoms with E-state index in [0.29, 0.717) is 5.92 Å². The molecule has 1 aliphatic rings. The minimum atomic E-state index is 0.549. The van der Waals surface area contributed by atoms with Crippen LogP contribution >= 0.6 is 11.6 Å². The summed E-state index contributed by atoms with van der Waals surface area (Å²) in [7, 11) is 0. The van der Waals surface area contributed by atoms with Gasteiger partial charge < -0.3 is 9.73 Å². The predicted octanol–water partition coefficient (Wildman–Crippen LogP) is 4.09. The third kappa shape index (κ3) is 3.87. The van der Waals surface area contributed by atoms with Crippen LogP contribution in [0.3, 0.4) is 0 Å². The lowest BCUT2D eigenvalue weighted by molar-refractivity contribution is 0.465. The Balaban J connectivity index is 1.65. The predicted molar refractivity (Wildman–Crippen MR) is 82.1 cm³/mol. The molecule has 1 aromatic carbocycles. The van der Waals surface area contributed by atoms with Crippen LogP contribution in [0.4, 0.5) is 0 Å². The molecule has 1 aromatic heterocycles. The largest absolute Gasteiger partial charge is 0.472 e. The Morgan fingerprint density at radius 3 is 2.75 bits per heavy atom. The second-order valence-corrected chi connectivity index (χ2v) is 6.09. The summed E-state index contributed by atoms with van der Waals surface area (Å²) in [4.78, 5) is 0. The van der Waals surface area contributed by atoms with Crippen molar-refractivity contribution in [1.82, 2.24) is 5.32 Å². The highest BCUT2D eigenvalue weighted by Gasteiger charge is 2.22. The highest BCUT2D eigenvalue weighted by atomic mass is 35.5. The Morgan fingerprint density at radius 1 is 1.20 bits per heavy atom. The van der Waals surface area contributed by atoms with Gasteiger partial charge in [-0.1, -0.05) is 29.8 Å². The van der Waals surface area contributed by atoms with Gasteiger partial charge in [-0.3, -0.25) is 0 Å². The molecule has 0 saturated heterocycles. The SMILES string of the molecule is Clc1ccccc1CC(CNC1CC1)Cc1ccoc1. The van der Waals surface area contributed by atoms with Gasteiger partial charge >= 0.3 is 0 Å². The minimum absolute atomic E-state index is 0.549. The smallest absolute Gasteiger partial charge is 0.0934 e. The van der Waals surface area contributed by atoms with E-state index >= 15 is 0 Å². The van der Waals surface area contributed by atoms with E-state index in [-0.39, 0.29) is 0 Å². The Morgan fingerprint density at radius 2 is 2.05 bits per heavy atom. The van der Waals surface area contributed by atoms with Crippen molar-refractivity contribution in [3.8, 4) is 0 Å². The van der Waals surface area contributed by atoms with Gasteiger partial charge in [-0.25, -0.2) is 0 Å². The van der Waals surface area contributed by atoms with Crippen molar-refractivity contribution in [2.75, 3.05) is 6.54 Å². The van der Waals surface area contributed by atoms with E-state index in [1.165, 1.54) is 24.0 Å². The molecule has 20 heavy (non-hydrogen) atoms. The molecule has 0 radical (unpaired) electrons. The number of hydrogen-bond acceptors (Lipinski definition) is 2. The van der Waals surface area contributed by atoms with Gasteiger partial charge in [-0.2, -0.15) is 0 Å². The summed E-state index contributed by atoms with van der Waals surface area (Å²) in [6.45, 7) is 1.04. The zero-order chi connectivity index (χ0) is 13.8. The lowest BCUT2D eigenvalue weighted by Gasteiger charge is -2.18. The van der Waals surface area contributed by atoms with Crippen LogP contribution in [0.1, 0.15) is 24.0 Å². The monoisotopic (exact) mass is 289 g/mol. The first-order chi connectivity index (χ1) is 9.81. The first kappa shape index (κ1) is 13.7. The van der Waals surface area contributed by atoms with Crippen molar-refractivity contribution < 1.29 is 4.42 Å². The van der Waals surface area contributed by atoms with Crippen molar-refractivity contribution in [2.24, 2.45) is 5.92 Å². The van der Waals surface area contributed by atoms with Gasteiger partial charge in [0.25, 0.3) is 0 Å². The van der Waals surface area contributed by atoms with Crippen LogP contribution in [0.25, 0.3) is 0 Å². The van der Waals surface area contributed by atoms with Gasteiger partial charge in [-0.05, 0) is 61.4 Å². The molecule has 1 fully saturated rings. The second-order valence-electron chi connectivity index (χ2n) is 5.68. The van der Waals surface area contributed by atoms with Gasteiger partial charge in [0.05, 0.1) is 12.5 Å². The molecule has 1 heterocycles. The topological polar surface area (TPSA) is 25.2 Å². The molecule has 1 N–H and O–H groups in total. The van der Waals surface area contributed by atoms with Crippen molar-refractivity contribution in [3.05, 3.63) is 59.0 Å². The molecule has 1 aliphatic carbocycles. The lowest BCUT2D eigenvalue weighted by atomic mass is 9.93. The fourth-order valence-electron chi connectivity index (χ4n) is 2.55. The number of nitrogens with one attached hydrogen (secondary N) is 1. The van der Waals surface area contributed by atoms with Crippen molar-refractivity contribution >= 4 is 11.6 Å². The highest BCUT2D eigenvalue weighted by molar-refractivity contribution is 6.31. The van der Waals surface area contributed by atoms with Crippen LogP contribution in [0.15, 0.2) is 47.3 Å². The standard InChI is InChI=1S/C17H20ClNO/c18-17-4-2-1-3-15(17)10-14(11-19-16-5-6-16)9-13-7-8-20-12-13/h1-4,7-8,12,14,16,19H,5-6,9-11H2. The average Bonchev–Trinajstić information content (AvgIpc) is 3.15. The molecular formula is C17H20ClNO. The number of rotatable bonds is 7. The second kappa shape index (κ2) is 6.47. The minimum Gasteiger partial charge on any atom is -0.472 e. The summed E-state index contributed by atoms with van der Waals surface area (Å²) in [5.74, 6) is 0.549. The van der Waals surface area contributed by atoms with Gasteiger partial charge in [0.1, 0.15) is 0 Å². The number of furan rings is 1. The maximum atomic E-state index is 6.29. The molecule has 0 spiro atoms. The van der Waals surface area contributed by atoms with E-state index in [9.17, 15) is 0 Å². The van der Waals surface area contributed by atoms with Crippen LogP contribution in [0.5, 0.6) is 0 Å². The normalized spacial score (nSPS) is 16.2. The zero-order valence-corrected chi connectivity index (χ0v) is 12.3. The first-order valence-electron chi connectivity index (χ1n) is 7.29. The molecule has 3 heteroatoms. The fourth-order valence-corrected chi connectivity index (χ4v) is 2.77. The third-order valence-corrected chi connectivity index (χ3v) is 4.21. The maximum Gasteiger partial charge on any atom is 0.0934 e. The maximum absolute atomic E-state index is 6.29. The zero-order valence-electron chi connectivity index (χ0n) is 11.5. The fraction of sp³-hybridized carbons (Fsp3) is 0.412. The number of benzene rings is 1. The van der Waals surface area contributed by atoms with Gasteiger partial charge in [0.15, 0.2) is 0 Å². The third-order valence-electron chi connectivity index (χ3n) is 3.84. The number of halogens is 1. The van der Waals surface area contributed by atoms with Gasteiger partial charge in [-0.15, -0.1) is 0 Å². The van der Waals surface area contributed by atoms with E-state index in [1.54, 1.807) is 6.26 Å². The van der Waals surface area contributed by atoms with Crippen molar-refractivity contribution in [3.63, 3.8) is 0 Å². The van der Waals surface area contributed by atoms with Gasteiger partial charge in [0, 0.05) is 11.1 Å². The van der Waals surface area contributed by atoms with E-state index in [2.05, 4.69) is 23.5 Å². The van der Waals surface area contributed by atoms with Crippen LogP contribution in [-0.4, -0.2) is 12.6 Å². The number of hydrogen-bond donors (Lipinski definition) is 1. The van der Waals surface area contributed by atoms with Crippen LogP contribution in [-0.2, 0) is 12.8 Å². The molecule has 3 rings (SSSR count). The van der Waals surface area contributed by atoms with Crippen molar-refractivity contribution in [1.29, 1.82) is 0 Å². The first-order valence-corrected chi connectivity index (χ1v) is 7.67. The molecule has 1 saturated carbocycles. The summed E-state index contributed by atoms with van der Waals surface area (Å²) in [6.07, 6.45) is 8.27. The molecule has 1 unspecified atom stereocenters. The van der Waals surface area contributed by atoms with Gasteiger partial charge in [0.2, 0.25) is 0 Å². The molecule has 0 amide bonds. The Labute approximate surface area is 125 Å². The Kier molecular flexibility index (Phi) is 4.44. The summed E-state index contributed by atoms with van der Waals surface area (Å²) in [6, 6.07) is 10.9. The molecule has 2 aromatic rings. The van der Waals surface area contributed by atoms with E-state index in [0.717, 1.165) is 30.5 Å². The quantitative estimate of drug-likeness (QED) is 0.830. The van der Waals surface area contributed by atoms with Crippen LogP contribution in [0.2, 0.25) is 5.02 Å².